The number of rotatable bonds is 1. The van der Waals surface area contributed by atoms with Gasteiger partial charge in [0.1, 0.15) is 5.15 Å². The quantitative estimate of drug-likeness (QED) is 0.602. The van der Waals surface area contributed by atoms with Gasteiger partial charge in [-0.25, -0.2) is 4.98 Å². The van der Waals surface area contributed by atoms with Gasteiger partial charge in [0, 0.05) is 29.5 Å². The van der Waals surface area contributed by atoms with E-state index in [4.69, 9.17) is 11.6 Å². The first-order chi connectivity index (χ1) is 8.36. The minimum atomic E-state index is 0.493. The molecule has 17 heavy (non-hydrogen) atoms. The molecule has 0 aliphatic rings. The summed E-state index contributed by atoms with van der Waals surface area (Å²) in [6, 6.07) is 12.1. The van der Waals surface area contributed by atoms with Crippen molar-refractivity contribution in [1.29, 1.82) is 0 Å². The Bertz CT molecular complexity index is 665. The lowest BCUT2D eigenvalue weighted by molar-refractivity contribution is 1.32. The number of halogens is 1. The topological polar surface area (TPSA) is 25.8 Å². The lowest BCUT2D eigenvalue weighted by Crippen LogP contribution is -1.86. The lowest BCUT2D eigenvalue weighted by Gasteiger charge is -2.06. The molecule has 2 heterocycles. The van der Waals surface area contributed by atoms with E-state index in [-0.39, 0.29) is 0 Å². The minimum absolute atomic E-state index is 0.493. The van der Waals surface area contributed by atoms with Gasteiger partial charge in [-0.3, -0.25) is 4.98 Å². The van der Waals surface area contributed by atoms with Crippen molar-refractivity contribution in [2.75, 3.05) is 0 Å². The van der Waals surface area contributed by atoms with Crippen molar-refractivity contribution >= 4 is 22.4 Å². The number of aromatic nitrogens is 2. The molecule has 0 spiro atoms. The summed E-state index contributed by atoms with van der Waals surface area (Å²) in [5.41, 5.74) is 2.21. The molecular weight excluding hydrogens is 232 g/mol. The Morgan fingerprint density at radius 2 is 1.71 bits per heavy atom. The molecule has 0 bridgehead atoms. The molecule has 0 aliphatic carbocycles. The van der Waals surface area contributed by atoms with Crippen molar-refractivity contribution in [1.82, 2.24) is 9.97 Å². The highest BCUT2D eigenvalue weighted by molar-refractivity contribution is 6.34. The summed E-state index contributed by atoms with van der Waals surface area (Å²) in [6.45, 7) is 0. The summed E-state index contributed by atoms with van der Waals surface area (Å²) in [6.07, 6.45) is 5.32. The van der Waals surface area contributed by atoms with Gasteiger partial charge in [0.15, 0.2) is 0 Å². The molecule has 0 radical (unpaired) electrons. The lowest BCUT2D eigenvalue weighted by atomic mass is 10.0. The fraction of sp³-hybridized carbons (Fsp3) is 0. The third-order valence-corrected chi connectivity index (χ3v) is 3.03. The van der Waals surface area contributed by atoms with Crippen LogP contribution in [0.1, 0.15) is 0 Å². The van der Waals surface area contributed by atoms with Gasteiger partial charge in [-0.1, -0.05) is 41.9 Å². The molecule has 0 unspecified atom stereocenters. The van der Waals surface area contributed by atoms with Crippen molar-refractivity contribution in [2.45, 2.75) is 0 Å². The summed E-state index contributed by atoms with van der Waals surface area (Å²) >= 11 is 6.07. The second kappa shape index (κ2) is 4.15. The van der Waals surface area contributed by atoms with Gasteiger partial charge in [-0.2, -0.15) is 0 Å². The number of pyridine rings is 2. The zero-order chi connectivity index (χ0) is 11.7. The van der Waals surface area contributed by atoms with Gasteiger partial charge < -0.3 is 0 Å². The Labute approximate surface area is 104 Å². The number of fused-ring (bicyclic) bond motifs is 1. The van der Waals surface area contributed by atoms with E-state index in [9.17, 15) is 0 Å². The van der Waals surface area contributed by atoms with Crippen molar-refractivity contribution in [3.8, 4) is 11.1 Å². The smallest absolute Gasteiger partial charge is 0.138 e. The first-order valence-corrected chi connectivity index (χ1v) is 5.68. The fourth-order valence-electron chi connectivity index (χ4n) is 1.90. The molecule has 0 saturated heterocycles. The van der Waals surface area contributed by atoms with Gasteiger partial charge in [0.25, 0.3) is 0 Å². The van der Waals surface area contributed by atoms with E-state index in [1.807, 2.05) is 24.3 Å². The molecule has 0 atom stereocenters. The Hall–Kier alpha value is -1.93. The summed E-state index contributed by atoms with van der Waals surface area (Å²) in [5, 5.41) is 2.45. The molecule has 0 fully saturated rings. The van der Waals surface area contributed by atoms with Crippen molar-refractivity contribution in [3.05, 3.63) is 60.1 Å². The molecular formula is C14H9ClN2. The third kappa shape index (κ3) is 1.77. The Morgan fingerprint density at radius 1 is 0.882 bits per heavy atom. The van der Waals surface area contributed by atoms with Gasteiger partial charge >= 0.3 is 0 Å². The highest BCUT2D eigenvalue weighted by Crippen LogP contribution is 2.30. The predicted molar refractivity (Wildman–Crippen MR) is 70.0 cm³/mol. The summed E-state index contributed by atoms with van der Waals surface area (Å²) < 4.78 is 0. The van der Waals surface area contributed by atoms with E-state index in [1.165, 1.54) is 0 Å². The Morgan fingerprint density at radius 3 is 2.53 bits per heavy atom. The van der Waals surface area contributed by atoms with Gasteiger partial charge in [-0.05, 0) is 17.0 Å². The van der Waals surface area contributed by atoms with Crippen LogP contribution in [0.25, 0.3) is 21.9 Å². The Kier molecular flexibility index (Phi) is 2.50. The van der Waals surface area contributed by atoms with Crippen LogP contribution in [-0.2, 0) is 0 Å². The van der Waals surface area contributed by atoms with Crippen LogP contribution >= 0.6 is 11.6 Å². The van der Waals surface area contributed by atoms with E-state index in [0.717, 1.165) is 21.9 Å². The Balaban J connectivity index is 2.35. The van der Waals surface area contributed by atoms with Crippen LogP contribution in [-0.4, -0.2) is 9.97 Å². The molecule has 2 nitrogen and oxygen atoms in total. The van der Waals surface area contributed by atoms with Crippen LogP contribution in [0.15, 0.2) is 55.0 Å². The maximum Gasteiger partial charge on any atom is 0.138 e. The van der Waals surface area contributed by atoms with Crippen LogP contribution in [0.3, 0.4) is 0 Å². The van der Waals surface area contributed by atoms with Gasteiger partial charge in [-0.15, -0.1) is 0 Å². The average Bonchev–Trinajstić information content (AvgIpc) is 2.41. The molecule has 82 valence electrons. The number of hydrogen-bond acceptors (Lipinski definition) is 2. The standard InChI is InChI=1S/C14H9ClN2/c15-14-13-8-16-7-6-11(13)12(9-17-14)10-4-2-1-3-5-10/h1-9H. The van der Waals surface area contributed by atoms with E-state index < -0.39 is 0 Å². The molecule has 0 N–H and O–H groups in total. The highest BCUT2D eigenvalue weighted by atomic mass is 35.5. The van der Waals surface area contributed by atoms with Crippen LogP contribution in [0.2, 0.25) is 5.15 Å². The normalized spacial score (nSPS) is 10.6. The molecule has 1 aromatic carbocycles. The van der Waals surface area contributed by atoms with E-state index in [2.05, 4.69) is 22.1 Å². The largest absolute Gasteiger partial charge is 0.264 e. The van der Waals surface area contributed by atoms with Crippen LogP contribution in [0.4, 0.5) is 0 Å². The van der Waals surface area contributed by atoms with Crippen LogP contribution in [0, 0.1) is 0 Å². The maximum atomic E-state index is 6.07. The number of nitrogens with zero attached hydrogens (tertiary/aromatic N) is 2. The molecule has 0 saturated carbocycles. The molecule has 2 aromatic heterocycles. The van der Waals surface area contributed by atoms with Crippen molar-refractivity contribution in [3.63, 3.8) is 0 Å². The predicted octanol–water partition coefficient (Wildman–Crippen LogP) is 3.95. The molecule has 0 aliphatic heterocycles. The van der Waals surface area contributed by atoms with Crippen molar-refractivity contribution < 1.29 is 0 Å². The molecule has 3 heteroatoms. The van der Waals surface area contributed by atoms with Crippen LogP contribution < -0.4 is 0 Å². The van der Waals surface area contributed by atoms with E-state index >= 15 is 0 Å². The second-order valence-corrected chi connectivity index (χ2v) is 4.11. The second-order valence-electron chi connectivity index (χ2n) is 3.75. The van der Waals surface area contributed by atoms with E-state index in [0.29, 0.717) is 5.15 Å². The SMILES string of the molecule is Clc1ncc(-c2ccccc2)c2ccncc12. The van der Waals surface area contributed by atoms with E-state index in [1.54, 1.807) is 18.6 Å². The first kappa shape index (κ1) is 10.2. The summed E-state index contributed by atoms with van der Waals surface area (Å²) in [7, 11) is 0. The summed E-state index contributed by atoms with van der Waals surface area (Å²) in [4.78, 5) is 8.29. The molecule has 3 aromatic rings. The van der Waals surface area contributed by atoms with Gasteiger partial charge in [0.05, 0.1) is 0 Å². The third-order valence-electron chi connectivity index (χ3n) is 2.73. The maximum absolute atomic E-state index is 6.07. The zero-order valence-corrected chi connectivity index (χ0v) is 9.72. The first-order valence-electron chi connectivity index (χ1n) is 5.30. The molecule has 3 rings (SSSR count). The average molecular weight is 241 g/mol. The van der Waals surface area contributed by atoms with Crippen molar-refractivity contribution in [2.24, 2.45) is 0 Å². The molecule has 0 amide bonds. The number of benzene rings is 1. The van der Waals surface area contributed by atoms with Gasteiger partial charge in [0.2, 0.25) is 0 Å². The highest BCUT2D eigenvalue weighted by Gasteiger charge is 2.07. The zero-order valence-electron chi connectivity index (χ0n) is 8.97. The van der Waals surface area contributed by atoms with Crippen LogP contribution in [0.5, 0.6) is 0 Å². The summed E-state index contributed by atoms with van der Waals surface area (Å²) in [5.74, 6) is 0. The minimum Gasteiger partial charge on any atom is -0.264 e. The fourth-order valence-corrected chi connectivity index (χ4v) is 2.10. The number of hydrogen-bond donors (Lipinski definition) is 0. The monoisotopic (exact) mass is 240 g/mol.